The van der Waals surface area contributed by atoms with Crippen LogP contribution in [0, 0.1) is 0 Å². The summed E-state index contributed by atoms with van der Waals surface area (Å²) in [5.41, 5.74) is 5.87. The molecule has 4 nitrogen and oxygen atoms in total. The standard InChI is InChI=1S/C21H46N2O2/c1-4-5-6-7-8-9-10-11-12-13-14-15-16-17-18-19-20-21(22)25-23(2)24-3/h21H,4-20,22H2,1-3H3. The van der Waals surface area contributed by atoms with Crippen molar-refractivity contribution in [1.29, 1.82) is 0 Å². The van der Waals surface area contributed by atoms with Gasteiger partial charge in [0.25, 0.3) is 0 Å². The van der Waals surface area contributed by atoms with Crippen molar-refractivity contribution in [2.24, 2.45) is 5.73 Å². The maximum absolute atomic E-state index is 5.87. The Morgan fingerprint density at radius 1 is 0.680 bits per heavy atom. The molecule has 0 rings (SSSR count). The van der Waals surface area contributed by atoms with Gasteiger partial charge in [-0.25, -0.2) is 0 Å². The summed E-state index contributed by atoms with van der Waals surface area (Å²) in [5, 5.41) is 1.32. The molecule has 0 aliphatic carbocycles. The molecule has 0 spiro atoms. The number of nitrogens with zero attached hydrogens (tertiary/aromatic N) is 1. The number of hydrogen-bond acceptors (Lipinski definition) is 4. The Bertz CT molecular complexity index is 252. The first-order valence-electron chi connectivity index (χ1n) is 10.9. The minimum Gasteiger partial charge on any atom is -0.304 e. The third-order valence-electron chi connectivity index (χ3n) is 4.88. The van der Waals surface area contributed by atoms with E-state index in [0.717, 1.165) is 12.8 Å². The Hall–Kier alpha value is -0.160. The fourth-order valence-corrected chi connectivity index (χ4v) is 3.18. The van der Waals surface area contributed by atoms with E-state index < -0.39 is 0 Å². The highest BCUT2D eigenvalue weighted by molar-refractivity contribution is 4.52. The zero-order valence-corrected chi connectivity index (χ0v) is 17.4. The predicted molar refractivity (Wildman–Crippen MR) is 108 cm³/mol. The number of nitrogens with two attached hydrogens (primary N) is 1. The lowest BCUT2D eigenvalue weighted by Crippen LogP contribution is -2.32. The molecule has 0 aliphatic heterocycles. The number of rotatable bonds is 20. The van der Waals surface area contributed by atoms with Crippen LogP contribution >= 0.6 is 0 Å². The van der Waals surface area contributed by atoms with Crippen LogP contribution in [0.3, 0.4) is 0 Å². The molecular weight excluding hydrogens is 312 g/mol. The molecule has 0 aromatic heterocycles. The van der Waals surface area contributed by atoms with Gasteiger partial charge in [-0.15, -0.1) is 0 Å². The van der Waals surface area contributed by atoms with Crippen molar-refractivity contribution in [3.63, 3.8) is 0 Å². The topological polar surface area (TPSA) is 47.7 Å². The van der Waals surface area contributed by atoms with Gasteiger partial charge in [-0.05, 0) is 12.8 Å². The summed E-state index contributed by atoms with van der Waals surface area (Å²) < 4.78 is 0. The van der Waals surface area contributed by atoms with Crippen molar-refractivity contribution >= 4 is 0 Å². The number of hydrogen-bond donors (Lipinski definition) is 1. The molecular formula is C21H46N2O2. The molecule has 25 heavy (non-hydrogen) atoms. The molecule has 0 fully saturated rings. The summed E-state index contributed by atoms with van der Waals surface area (Å²) in [4.78, 5) is 10.2. The molecule has 0 amide bonds. The molecule has 0 saturated heterocycles. The molecule has 0 aliphatic rings. The van der Waals surface area contributed by atoms with Crippen LogP contribution < -0.4 is 5.73 Å². The molecule has 152 valence electrons. The first-order chi connectivity index (χ1) is 12.2. The lowest BCUT2D eigenvalue weighted by Gasteiger charge is -2.18. The van der Waals surface area contributed by atoms with E-state index >= 15 is 0 Å². The normalized spacial score (nSPS) is 12.8. The van der Waals surface area contributed by atoms with E-state index in [1.165, 1.54) is 102 Å². The Kier molecular flexibility index (Phi) is 20.0. The van der Waals surface area contributed by atoms with Gasteiger partial charge in [-0.1, -0.05) is 108 Å². The Morgan fingerprint density at radius 3 is 1.40 bits per heavy atom. The van der Waals surface area contributed by atoms with Gasteiger partial charge in [0.2, 0.25) is 0 Å². The molecule has 0 radical (unpaired) electrons. The van der Waals surface area contributed by atoms with E-state index in [2.05, 4.69) is 6.92 Å². The zero-order chi connectivity index (χ0) is 18.6. The van der Waals surface area contributed by atoms with Gasteiger partial charge in [0.05, 0.1) is 7.11 Å². The van der Waals surface area contributed by atoms with Crippen LogP contribution in [-0.2, 0) is 9.68 Å². The molecule has 0 saturated carbocycles. The first-order valence-corrected chi connectivity index (χ1v) is 10.9. The Balaban J connectivity index is 3.09. The minimum absolute atomic E-state index is 0.253. The second-order valence-electron chi connectivity index (χ2n) is 7.36. The average Bonchev–Trinajstić information content (AvgIpc) is 2.61. The Labute approximate surface area is 157 Å². The van der Waals surface area contributed by atoms with Crippen LogP contribution in [0.15, 0.2) is 0 Å². The molecule has 0 aromatic rings. The molecule has 0 aromatic carbocycles. The highest BCUT2D eigenvalue weighted by atomic mass is 16.9. The summed E-state index contributed by atoms with van der Waals surface area (Å²) in [7, 11) is 3.29. The van der Waals surface area contributed by atoms with Crippen molar-refractivity contribution < 1.29 is 9.68 Å². The van der Waals surface area contributed by atoms with Gasteiger partial charge >= 0.3 is 0 Å². The molecule has 2 N–H and O–H groups in total. The van der Waals surface area contributed by atoms with E-state index in [0.29, 0.717) is 0 Å². The van der Waals surface area contributed by atoms with E-state index in [1.54, 1.807) is 14.2 Å². The van der Waals surface area contributed by atoms with Gasteiger partial charge in [0, 0.05) is 7.05 Å². The van der Waals surface area contributed by atoms with Crippen molar-refractivity contribution in [1.82, 2.24) is 5.23 Å². The number of hydroxylamine groups is 2. The van der Waals surface area contributed by atoms with Crippen molar-refractivity contribution in [3.05, 3.63) is 0 Å². The maximum Gasteiger partial charge on any atom is 0.130 e. The fourth-order valence-electron chi connectivity index (χ4n) is 3.18. The highest BCUT2D eigenvalue weighted by Gasteiger charge is 2.05. The van der Waals surface area contributed by atoms with Crippen LogP contribution in [0.5, 0.6) is 0 Å². The largest absolute Gasteiger partial charge is 0.304 e. The summed E-state index contributed by atoms with van der Waals surface area (Å²) >= 11 is 0. The molecule has 1 atom stereocenters. The van der Waals surface area contributed by atoms with Crippen LogP contribution in [0.25, 0.3) is 0 Å². The lowest BCUT2D eigenvalue weighted by atomic mass is 10.0. The maximum atomic E-state index is 5.87. The predicted octanol–water partition coefficient (Wildman–Crippen LogP) is 6.35. The first kappa shape index (κ1) is 24.8. The zero-order valence-electron chi connectivity index (χ0n) is 17.4. The SMILES string of the molecule is CCCCCCCCCCCCCCCCCCC(N)ON(C)OC. The van der Waals surface area contributed by atoms with E-state index in [9.17, 15) is 0 Å². The van der Waals surface area contributed by atoms with Gasteiger partial charge in [-0.2, -0.15) is 0 Å². The Morgan fingerprint density at radius 2 is 1.04 bits per heavy atom. The monoisotopic (exact) mass is 358 g/mol. The minimum atomic E-state index is -0.253. The number of unbranched alkanes of at least 4 members (excludes halogenated alkanes) is 15. The van der Waals surface area contributed by atoms with Crippen LogP contribution in [0.1, 0.15) is 116 Å². The highest BCUT2D eigenvalue weighted by Crippen LogP contribution is 2.14. The van der Waals surface area contributed by atoms with Crippen LogP contribution in [-0.4, -0.2) is 25.6 Å². The fraction of sp³-hybridized carbons (Fsp3) is 1.00. The van der Waals surface area contributed by atoms with Gasteiger partial charge in [0.15, 0.2) is 0 Å². The van der Waals surface area contributed by atoms with E-state index in [-0.39, 0.29) is 6.23 Å². The summed E-state index contributed by atoms with van der Waals surface area (Å²) in [5.74, 6) is 0. The van der Waals surface area contributed by atoms with E-state index in [4.69, 9.17) is 15.4 Å². The second kappa shape index (κ2) is 20.2. The van der Waals surface area contributed by atoms with Crippen molar-refractivity contribution in [3.8, 4) is 0 Å². The smallest absolute Gasteiger partial charge is 0.130 e. The van der Waals surface area contributed by atoms with E-state index in [1.807, 2.05) is 0 Å². The average molecular weight is 359 g/mol. The molecule has 1 unspecified atom stereocenters. The second-order valence-corrected chi connectivity index (χ2v) is 7.36. The summed E-state index contributed by atoms with van der Waals surface area (Å²) in [6, 6.07) is 0. The molecule has 0 bridgehead atoms. The van der Waals surface area contributed by atoms with Crippen molar-refractivity contribution in [2.45, 2.75) is 122 Å². The van der Waals surface area contributed by atoms with Crippen molar-refractivity contribution in [2.75, 3.05) is 14.2 Å². The van der Waals surface area contributed by atoms with Gasteiger partial charge < -0.3 is 5.73 Å². The summed E-state index contributed by atoms with van der Waals surface area (Å²) in [6.45, 7) is 2.29. The van der Waals surface area contributed by atoms with Gasteiger partial charge in [0.1, 0.15) is 6.23 Å². The molecule has 0 heterocycles. The lowest BCUT2D eigenvalue weighted by molar-refractivity contribution is -0.359. The third-order valence-corrected chi connectivity index (χ3v) is 4.88. The quantitative estimate of drug-likeness (QED) is 0.156. The molecule has 4 heteroatoms. The van der Waals surface area contributed by atoms with Gasteiger partial charge in [-0.3, -0.25) is 9.68 Å². The van der Waals surface area contributed by atoms with Crippen LogP contribution in [0.2, 0.25) is 0 Å². The van der Waals surface area contributed by atoms with Crippen LogP contribution in [0.4, 0.5) is 0 Å². The summed E-state index contributed by atoms with van der Waals surface area (Å²) in [6.07, 6.45) is 22.9. The third kappa shape index (κ3) is 20.0.